The van der Waals surface area contributed by atoms with Gasteiger partial charge in [0.2, 0.25) is 0 Å². The topological polar surface area (TPSA) is 17.1 Å². The smallest absolute Gasteiger partial charge is 0.196 e. The number of carbonyl (C=O) groups is 1. The monoisotopic (exact) mass is 242 g/mol. The Morgan fingerprint density at radius 3 is 2.00 bits per heavy atom. The van der Waals surface area contributed by atoms with Crippen molar-refractivity contribution in [2.24, 2.45) is 0 Å². The Labute approximate surface area is 106 Å². The zero-order valence-corrected chi connectivity index (χ0v) is 10.8. The molecular weight excluding hydrogens is 227 g/mol. The molecule has 2 rings (SSSR count). The summed E-state index contributed by atoms with van der Waals surface area (Å²) in [5.74, 6) is -0.718. The average molecular weight is 242 g/mol. The van der Waals surface area contributed by atoms with Gasteiger partial charge < -0.3 is 0 Å². The van der Waals surface area contributed by atoms with Crippen molar-refractivity contribution in [1.29, 1.82) is 0 Å². The van der Waals surface area contributed by atoms with Gasteiger partial charge in [-0.2, -0.15) is 0 Å². The molecule has 1 nitrogen and oxygen atoms in total. The molecule has 0 saturated heterocycles. The molecule has 0 amide bonds. The van der Waals surface area contributed by atoms with E-state index in [-0.39, 0.29) is 11.3 Å². The van der Waals surface area contributed by atoms with Gasteiger partial charge in [-0.25, -0.2) is 4.39 Å². The van der Waals surface area contributed by atoms with Crippen LogP contribution >= 0.6 is 0 Å². The number of hydrogen-bond acceptors (Lipinski definition) is 1. The van der Waals surface area contributed by atoms with Crippen molar-refractivity contribution >= 4 is 5.78 Å². The van der Waals surface area contributed by atoms with E-state index in [2.05, 4.69) is 0 Å². The molecule has 18 heavy (non-hydrogen) atoms. The number of rotatable bonds is 2. The van der Waals surface area contributed by atoms with Crippen molar-refractivity contribution in [1.82, 2.24) is 0 Å². The summed E-state index contributed by atoms with van der Waals surface area (Å²) in [6.07, 6.45) is 0. The number of carbonyl (C=O) groups excluding carboxylic acids is 1. The van der Waals surface area contributed by atoms with E-state index in [4.69, 9.17) is 0 Å². The first-order chi connectivity index (χ1) is 8.49. The predicted molar refractivity (Wildman–Crippen MR) is 70.5 cm³/mol. The van der Waals surface area contributed by atoms with Crippen LogP contribution in [-0.2, 0) is 0 Å². The SMILES string of the molecule is Cc1ccc(C(=O)c2ccc(C)cc2F)c(C)c1. The Morgan fingerprint density at radius 2 is 1.44 bits per heavy atom. The van der Waals surface area contributed by atoms with Crippen molar-refractivity contribution in [3.05, 3.63) is 70.0 Å². The normalized spacial score (nSPS) is 10.4. The van der Waals surface area contributed by atoms with Gasteiger partial charge in [0.1, 0.15) is 5.82 Å². The van der Waals surface area contributed by atoms with Crippen molar-refractivity contribution in [2.45, 2.75) is 20.8 Å². The van der Waals surface area contributed by atoms with Gasteiger partial charge in [0.25, 0.3) is 0 Å². The molecule has 0 aliphatic heterocycles. The minimum absolute atomic E-state index is 0.132. The van der Waals surface area contributed by atoms with Crippen LogP contribution in [0.25, 0.3) is 0 Å². The van der Waals surface area contributed by atoms with Gasteiger partial charge in [-0.3, -0.25) is 4.79 Å². The molecular formula is C16H15FO. The van der Waals surface area contributed by atoms with Crippen LogP contribution in [0.1, 0.15) is 32.6 Å². The van der Waals surface area contributed by atoms with E-state index in [1.54, 1.807) is 25.1 Å². The van der Waals surface area contributed by atoms with E-state index < -0.39 is 5.82 Å². The third-order valence-corrected chi connectivity index (χ3v) is 3.00. The van der Waals surface area contributed by atoms with Crippen molar-refractivity contribution in [3.63, 3.8) is 0 Å². The summed E-state index contributed by atoms with van der Waals surface area (Å²) >= 11 is 0. The number of hydrogen-bond donors (Lipinski definition) is 0. The van der Waals surface area contributed by atoms with Crippen LogP contribution in [0.3, 0.4) is 0 Å². The molecule has 0 bridgehead atoms. The van der Waals surface area contributed by atoms with Gasteiger partial charge in [-0.1, -0.05) is 29.8 Å². The van der Waals surface area contributed by atoms with Crippen LogP contribution in [0.4, 0.5) is 4.39 Å². The zero-order valence-electron chi connectivity index (χ0n) is 10.8. The highest BCUT2D eigenvalue weighted by Gasteiger charge is 2.15. The summed E-state index contributed by atoms with van der Waals surface area (Å²) in [5.41, 5.74) is 3.47. The van der Waals surface area contributed by atoms with Crippen LogP contribution in [0, 0.1) is 26.6 Å². The number of halogens is 1. The fourth-order valence-corrected chi connectivity index (χ4v) is 2.02. The van der Waals surface area contributed by atoms with E-state index in [1.807, 2.05) is 26.0 Å². The van der Waals surface area contributed by atoms with Crippen LogP contribution < -0.4 is 0 Å². The molecule has 0 N–H and O–H groups in total. The van der Waals surface area contributed by atoms with E-state index in [0.29, 0.717) is 5.56 Å². The highest BCUT2D eigenvalue weighted by atomic mass is 19.1. The molecule has 2 heteroatoms. The van der Waals surface area contributed by atoms with Gasteiger partial charge >= 0.3 is 0 Å². The molecule has 0 radical (unpaired) electrons. The number of benzene rings is 2. The molecule has 0 saturated carbocycles. The van der Waals surface area contributed by atoms with Crippen LogP contribution in [-0.4, -0.2) is 5.78 Å². The molecule has 0 spiro atoms. The quantitative estimate of drug-likeness (QED) is 0.728. The lowest BCUT2D eigenvalue weighted by molar-refractivity contribution is 0.103. The first-order valence-corrected chi connectivity index (χ1v) is 5.87. The molecule has 0 heterocycles. The van der Waals surface area contributed by atoms with Gasteiger partial charge in [-0.05, 0) is 44.0 Å². The van der Waals surface area contributed by atoms with Crippen molar-refractivity contribution in [3.8, 4) is 0 Å². The van der Waals surface area contributed by atoms with E-state index >= 15 is 0 Å². The fourth-order valence-electron chi connectivity index (χ4n) is 2.02. The molecule has 0 atom stereocenters. The summed E-state index contributed by atoms with van der Waals surface area (Å²) in [5, 5.41) is 0. The summed E-state index contributed by atoms with van der Waals surface area (Å²) in [6, 6.07) is 10.2. The summed E-state index contributed by atoms with van der Waals surface area (Å²) in [7, 11) is 0. The maximum absolute atomic E-state index is 13.8. The lowest BCUT2D eigenvalue weighted by Gasteiger charge is -2.07. The molecule has 0 aromatic heterocycles. The molecule has 0 aliphatic rings. The predicted octanol–water partition coefficient (Wildman–Crippen LogP) is 3.98. The largest absolute Gasteiger partial charge is 0.288 e. The highest BCUT2D eigenvalue weighted by Crippen LogP contribution is 2.18. The van der Waals surface area contributed by atoms with Crippen molar-refractivity contribution in [2.75, 3.05) is 0 Å². The van der Waals surface area contributed by atoms with E-state index in [9.17, 15) is 9.18 Å². The molecule has 2 aromatic carbocycles. The lowest BCUT2D eigenvalue weighted by Crippen LogP contribution is -2.06. The molecule has 0 fully saturated rings. The standard InChI is InChI=1S/C16H15FO/c1-10-4-6-13(12(3)8-10)16(18)14-7-5-11(2)9-15(14)17/h4-9H,1-3H3. The fraction of sp³-hybridized carbons (Fsp3) is 0.188. The number of aryl methyl sites for hydroxylation is 3. The summed E-state index contributed by atoms with van der Waals surface area (Å²) < 4.78 is 13.8. The Hall–Kier alpha value is -1.96. The molecule has 0 unspecified atom stereocenters. The van der Waals surface area contributed by atoms with Gasteiger partial charge in [-0.15, -0.1) is 0 Å². The lowest BCUT2D eigenvalue weighted by atomic mass is 9.97. The Kier molecular flexibility index (Phi) is 3.28. The molecule has 92 valence electrons. The van der Waals surface area contributed by atoms with Crippen LogP contribution in [0.5, 0.6) is 0 Å². The Morgan fingerprint density at radius 1 is 0.889 bits per heavy atom. The second kappa shape index (κ2) is 4.73. The maximum atomic E-state index is 13.8. The van der Waals surface area contributed by atoms with Crippen LogP contribution in [0.15, 0.2) is 36.4 Å². The molecule has 2 aromatic rings. The molecule has 0 aliphatic carbocycles. The van der Waals surface area contributed by atoms with E-state index in [0.717, 1.165) is 16.7 Å². The zero-order chi connectivity index (χ0) is 13.3. The van der Waals surface area contributed by atoms with E-state index in [1.165, 1.54) is 6.07 Å². The maximum Gasteiger partial charge on any atom is 0.196 e. The average Bonchev–Trinajstić information content (AvgIpc) is 2.28. The summed E-state index contributed by atoms with van der Waals surface area (Å²) in [6.45, 7) is 5.63. The second-order valence-electron chi connectivity index (χ2n) is 4.63. The summed E-state index contributed by atoms with van der Waals surface area (Å²) in [4.78, 5) is 12.3. The number of ketones is 1. The second-order valence-corrected chi connectivity index (χ2v) is 4.63. The highest BCUT2D eigenvalue weighted by molar-refractivity contribution is 6.10. The van der Waals surface area contributed by atoms with Gasteiger partial charge in [0, 0.05) is 5.56 Å². The first kappa shape index (κ1) is 12.5. The minimum Gasteiger partial charge on any atom is -0.288 e. The minimum atomic E-state index is -0.458. The van der Waals surface area contributed by atoms with Gasteiger partial charge in [0.15, 0.2) is 5.78 Å². The van der Waals surface area contributed by atoms with Crippen LogP contribution in [0.2, 0.25) is 0 Å². The third kappa shape index (κ3) is 2.33. The third-order valence-electron chi connectivity index (χ3n) is 3.00. The first-order valence-electron chi connectivity index (χ1n) is 5.87. The Bertz CT molecular complexity index is 561. The van der Waals surface area contributed by atoms with Crippen molar-refractivity contribution < 1.29 is 9.18 Å². The van der Waals surface area contributed by atoms with Gasteiger partial charge in [0.05, 0.1) is 5.56 Å². The Balaban J connectivity index is 2.48.